The maximum absolute atomic E-state index is 4.81. The van der Waals surface area contributed by atoms with Gasteiger partial charge in [0.2, 0.25) is 0 Å². The molecule has 23 heavy (non-hydrogen) atoms. The van der Waals surface area contributed by atoms with Gasteiger partial charge in [-0.3, -0.25) is 4.90 Å². The topological polar surface area (TPSA) is 28.2 Å². The third-order valence-corrected chi connectivity index (χ3v) is 4.83. The van der Waals surface area contributed by atoms with Crippen molar-refractivity contribution in [1.82, 2.24) is 15.2 Å². The second-order valence-corrected chi connectivity index (χ2v) is 6.87. The minimum absolute atomic E-state index is 0. The Kier molecular flexibility index (Phi) is 8.51. The SMILES string of the molecule is CC(C)c1ccc(-c2csc(CN3CCNCC3)n2)cc1.Cl.Cl. The number of nitrogens with zero attached hydrogens (tertiary/aromatic N) is 2. The Hall–Kier alpha value is -0.650. The number of rotatable bonds is 4. The molecule has 0 spiro atoms. The molecule has 0 bridgehead atoms. The minimum atomic E-state index is 0. The fourth-order valence-electron chi connectivity index (χ4n) is 2.62. The molecule has 2 aromatic rings. The Morgan fingerprint density at radius 1 is 1.13 bits per heavy atom. The van der Waals surface area contributed by atoms with Gasteiger partial charge < -0.3 is 5.32 Å². The molecule has 0 amide bonds. The van der Waals surface area contributed by atoms with Gasteiger partial charge in [0.15, 0.2) is 0 Å². The van der Waals surface area contributed by atoms with Crippen LogP contribution in [0, 0.1) is 0 Å². The molecule has 1 N–H and O–H groups in total. The number of hydrogen-bond acceptors (Lipinski definition) is 4. The molecule has 1 saturated heterocycles. The summed E-state index contributed by atoms with van der Waals surface area (Å²) < 4.78 is 0. The molecule has 3 rings (SSSR count). The summed E-state index contributed by atoms with van der Waals surface area (Å²) in [6.45, 7) is 9.86. The Labute approximate surface area is 155 Å². The monoisotopic (exact) mass is 373 g/mol. The molecule has 1 aliphatic rings. The number of halogens is 2. The first-order chi connectivity index (χ1) is 10.2. The van der Waals surface area contributed by atoms with Gasteiger partial charge >= 0.3 is 0 Å². The molecular weight excluding hydrogens is 349 g/mol. The number of piperazine rings is 1. The average molecular weight is 374 g/mol. The summed E-state index contributed by atoms with van der Waals surface area (Å²) in [5.41, 5.74) is 3.72. The molecule has 6 heteroatoms. The maximum atomic E-state index is 4.81. The normalized spacial score (nSPS) is 15.1. The highest BCUT2D eigenvalue weighted by atomic mass is 35.5. The van der Waals surface area contributed by atoms with Gasteiger partial charge in [-0.15, -0.1) is 36.2 Å². The van der Waals surface area contributed by atoms with Crippen LogP contribution in [0.4, 0.5) is 0 Å². The van der Waals surface area contributed by atoms with Crippen molar-refractivity contribution in [3.05, 3.63) is 40.2 Å². The Morgan fingerprint density at radius 2 is 1.78 bits per heavy atom. The fraction of sp³-hybridized carbons (Fsp3) is 0.471. The van der Waals surface area contributed by atoms with Gasteiger partial charge in [0.1, 0.15) is 5.01 Å². The highest BCUT2D eigenvalue weighted by Gasteiger charge is 2.12. The van der Waals surface area contributed by atoms with Gasteiger partial charge in [-0.05, 0) is 11.5 Å². The van der Waals surface area contributed by atoms with E-state index < -0.39 is 0 Å². The second kappa shape index (κ2) is 9.60. The van der Waals surface area contributed by atoms with Crippen LogP contribution in [0.15, 0.2) is 29.6 Å². The van der Waals surface area contributed by atoms with Crippen molar-refractivity contribution in [1.29, 1.82) is 0 Å². The van der Waals surface area contributed by atoms with Crippen LogP contribution in [-0.2, 0) is 6.54 Å². The lowest BCUT2D eigenvalue weighted by Crippen LogP contribution is -2.42. The van der Waals surface area contributed by atoms with E-state index in [1.54, 1.807) is 11.3 Å². The summed E-state index contributed by atoms with van der Waals surface area (Å²) in [7, 11) is 0. The summed E-state index contributed by atoms with van der Waals surface area (Å²) in [4.78, 5) is 7.28. The first-order valence-electron chi connectivity index (χ1n) is 7.70. The van der Waals surface area contributed by atoms with Gasteiger partial charge in [-0.1, -0.05) is 38.1 Å². The molecular formula is C17H25Cl2N3S. The van der Waals surface area contributed by atoms with Crippen LogP contribution < -0.4 is 5.32 Å². The molecule has 0 atom stereocenters. The van der Waals surface area contributed by atoms with E-state index in [2.05, 4.69) is 53.7 Å². The van der Waals surface area contributed by atoms with E-state index in [4.69, 9.17) is 4.98 Å². The predicted molar refractivity (Wildman–Crippen MR) is 104 cm³/mol. The van der Waals surface area contributed by atoms with Crippen LogP contribution >= 0.6 is 36.2 Å². The first kappa shape index (κ1) is 20.4. The minimum Gasteiger partial charge on any atom is -0.314 e. The van der Waals surface area contributed by atoms with Crippen molar-refractivity contribution in [3.8, 4) is 11.3 Å². The highest BCUT2D eigenvalue weighted by molar-refractivity contribution is 7.09. The number of hydrogen-bond donors (Lipinski definition) is 1. The van der Waals surface area contributed by atoms with Gasteiger partial charge in [0, 0.05) is 37.1 Å². The molecule has 0 aliphatic carbocycles. The van der Waals surface area contributed by atoms with E-state index in [9.17, 15) is 0 Å². The fourth-order valence-corrected chi connectivity index (χ4v) is 3.46. The zero-order chi connectivity index (χ0) is 14.7. The van der Waals surface area contributed by atoms with E-state index in [0.29, 0.717) is 5.92 Å². The third kappa shape index (κ3) is 5.44. The Morgan fingerprint density at radius 3 is 2.39 bits per heavy atom. The van der Waals surface area contributed by atoms with E-state index in [-0.39, 0.29) is 24.8 Å². The molecule has 0 unspecified atom stereocenters. The van der Waals surface area contributed by atoms with Gasteiger partial charge in [-0.25, -0.2) is 4.98 Å². The van der Waals surface area contributed by atoms with Crippen molar-refractivity contribution in [2.45, 2.75) is 26.3 Å². The van der Waals surface area contributed by atoms with Gasteiger partial charge in [-0.2, -0.15) is 0 Å². The number of benzene rings is 1. The summed E-state index contributed by atoms with van der Waals surface area (Å²) in [6.07, 6.45) is 0. The maximum Gasteiger partial charge on any atom is 0.107 e. The quantitative estimate of drug-likeness (QED) is 0.870. The molecule has 0 saturated carbocycles. The van der Waals surface area contributed by atoms with Crippen molar-refractivity contribution >= 4 is 36.2 Å². The van der Waals surface area contributed by atoms with E-state index in [1.807, 2.05) is 0 Å². The van der Waals surface area contributed by atoms with Crippen LogP contribution in [0.5, 0.6) is 0 Å². The van der Waals surface area contributed by atoms with Crippen molar-refractivity contribution in [2.24, 2.45) is 0 Å². The number of aromatic nitrogens is 1. The largest absolute Gasteiger partial charge is 0.314 e. The van der Waals surface area contributed by atoms with E-state index in [1.165, 1.54) is 16.1 Å². The van der Waals surface area contributed by atoms with Crippen LogP contribution in [-0.4, -0.2) is 36.1 Å². The summed E-state index contributed by atoms with van der Waals surface area (Å²) in [6, 6.07) is 8.82. The standard InChI is InChI=1S/C17H23N3S.2ClH/c1-13(2)14-3-5-15(6-4-14)16-12-21-17(19-16)11-20-9-7-18-8-10-20;;/h3-6,12-13,18H,7-11H2,1-2H3;2*1H. The predicted octanol–water partition coefficient (Wildman–Crippen LogP) is 4.18. The number of thiazole rings is 1. The molecule has 2 heterocycles. The summed E-state index contributed by atoms with van der Waals surface area (Å²) in [5, 5.41) is 6.79. The molecule has 1 aromatic carbocycles. The van der Waals surface area contributed by atoms with Crippen molar-refractivity contribution < 1.29 is 0 Å². The zero-order valence-electron chi connectivity index (χ0n) is 13.6. The molecule has 1 aliphatic heterocycles. The van der Waals surface area contributed by atoms with Crippen LogP contribution in [0.1, 0.15) is 30.3 Å². The van der Waals surface area contributed by atoms with E-state index >= 15 is 0 Å². The molecule has 0 radical (unpaired) electrons. The van der Waals surface area contributed by atoms with Gasteiger partial charge in [0.25, 0.3) is 0 Å². The van der Waals surface area contributed by atoms with Crippen LogP contribution in [0.3, 0.4) is 0 Å². The average Bonchev–Trinajstić information content (AvgIpc) is 2.97. The lowest BCUT2D eigenvalue weighted by atomic mass is 10.0. The lowest BCUT2D eigenvalue weighted by Gasteiger charge is -2.26. The second-order valence-electron chi connectivity index (χ2n) is 5.93. The highest BCUT2D eigenvalue weighted by Crippen LogP contribution is 2.25. The lowest BCUT2D eigenvalue weighted by molar-refractivity contribution is 0.233. The van der Waals surface area contributed by atoms with E-state index in [0.717, 1.165) is 38.4 Å². The third-order valence-electron chi connectivity index (χ3n) is 3.99. The Bertz CT molecular complexity index is 578. The molecule has 1 fully saturated rings. The molecule has 3 nitrogen and oxygen atoms in total. The molecule has 128 valence electrons. The summed E-state index contributed by atoms with van der Waals surface area (Å²) >= 11 is 1.78. The Balaban J connectivity index is 0.00000132. The van der Waals surface area contributed by atoms with Crippen LogP contribution in [0.2, 0.25) is 0 Å². The summed E-state index contributed by atoms with van der Waals surface area (Å²) in [5.74, 6) is 0.581. The van der Waals surface area contributed by atoms with Crippen molar-refractivity contribution in [2.75, 3.05) is 26.2 Å². The zero-order valence-corrected chi connectivity index (χ0v) is 16.1. The number of nitrogens with one attached hydrogen (secondary N) is 1. The first-order valence-corrected chi connectivity index (χ1v) is 8.58. The molecule has 1 aromatic heterocycles. The smallest absolute Gasteiger partial charge is 0.107 e. The van der Waals surface area contributed by atoms with Gasteiger partial charge in [0.05, 0.1) is 12.2 Å². The van der Waals surface area contributed by atoms with Crippen LogP contribution in [0.25, 0.3) is 11.3 Å². The van der Waals surface area contributed by atoms with Crippen molar-refractivity contribution in [3.63, 3.8) is 0 Å².